The van der Waals surface area contributed by atoms with Crippen molar-refractivity contribution in [3.63, 3.8) is 0 Å². The fraction of sp³-hybridized carbons (Fsp3) is 0.500. The Balaban J connectivity index is 2.46. The van der Waals surface area contributed by atoms with E-state index in [1.54, 1.807) is 11.3 Å². The summed E-state index contributed by atoms with van der Waals surface area (Å²) < 4.78 is 5.49. The van der Waals surface area contributed by atoms with Crippen molar-refractivity contribution in [2.75, 3.05) is 6.61 Å². The van der Waals surface area contributed by atoms with Crippen molar-refractivity contribution in [1.29, 1.82) is 0 Å². The second-order valence-corrected chi connectivity index (χ2v) is 4.57. The van der Waals surface area contributed by atoms with Crippen LogP contribution in [0, 0.1) is 11.8 Å². The molecule has 0 unspecified atom stereocenters. The van der Waals surface area contributed by atoms with E-state index in [1.165, 1.54) is 4.88 Å². The van der Waals surface area contributed by atoms with E-state index in [9.17, 15) is 0 Å². The third-order valence-corrected chi connectivity index (χ3v) is 2.64. The number of ether oxygens (including phenoxy) is 1. The van der Waals surface area contributed by atoms with Gasteiger partial charge in [-0.3, -0.25) is 0 Å². The molecular weight excluding hydrogens is 208 g/mol. The molecule has 1 heterocycles. The maximum absolute atomic E-state index is 8.58. The van der Waals surface area contributed by atoms with Gasteiger partial charge in [0.05, 0.1) is 24.2 Å². The van der Waals surface area contributed by atoms with Gasteiger partial charge in [0.25, 0.3) is 0 Å². The van der Waals surface area contributed by atoms with Gasteiger partial charge < -0.3 is 9.84 Å². The van der Waals surface area contributed by atoms with Crippen molar-refractivity contribution in [1.82, 2.24) is 0 Å². The first-order valence-corrected chi connectivity index (χ1v) is 5.84. The number of aliphatic hydroxyl groups is 1. The van der Waals surface area contributed by atoms with Gasteiger partial charge in [-0.25, -0.2) is 0 Å². The Morgan fingerprint density at radius 1 is 1.47 bits per heavy atom. The van der Waals surface area contributed by atoms with Crippen LogP contribution >= 0.6 is 11.3 Å². The highest BCUT2D eigenvalue weighted by Crippen LogP contribution is 2.16. The Morgan fingerprint density at radius 2 is 2.27 bits per heavy atom. The number of rotatable bonds is 4. The predicted octanol–water partition coefficient (Wildman–Crippen LogP) is 2.41. The van der Waals surface area contributed by atoms with Crippen LogP contribution in [-0.2, 0) is 11.3 Å². The van der Waals surface area contributed by atoms with Crippen LogP contribution in [0.4, 0.5) is 0 Å². The Hall–Kier alpha value is -0.820. The van der Waals surface area contributed by atoms with Crippen molar-refractivity contribution < 1.29 is 9.84 Å². The predicted molar refractivity (Wildman–Crippen MR) is 62.8 cm³/mol. The fourth-order valence-corrected chi connectivity index (χ4v) is 1.78. The quantitative estimate of drug-likeness (QED) is 0.796. The molecule has 0 radical (unpaired) electrons. The molecule has 0 bridgehead atoms. The van der Waals surface area contributed by atoms with E-state index in [-0.39, 0.29) is 12.7 Å². The minimum absolute atomic E-state index is 0.127. The molecule has 0 saturated carbocycles. The zero-order valence-electron chi connectivity index (χ0n) is 9.12. The topological polar surface area (TPSA) is 29.5 Å². The van der Waals surface area contributed by atoms with Crippen LogP contribution in [0.5, 0.6) is 0 Å². The molecule has 1 rings (SSSR count). The van der Waals surface area contributed by atoms with E-state index in [1.807, 2.05) is 26.0 Å². The van der Waals surface area contributed by atoms with Crippen LogP contribution in [0.3, 0.4) is 0 Å². The van der Waals surface area contributed by atoms with Gasteiger partial charge in [-0.1, -0.05) is 11.8 Å². The highest BCUT2D eigenvalue weighted by Gasteiger charge is 1.99. The molecule has 0 aliphatic heterocycles. The van der Waals surface area contributed by atoms with Gasteiger partial charge in [0.15, 0.2) is 0 Å². The Bertz CT molecular complexity index is 344. The van der Waals surface area contributed by atoms with Gasteiger partial charge in [0.1, 0.15) is 0 Å². The maximum Gasteiger partial charge on any atom is 0.0813 e. The van der Waals surface area contributed by atoms with E-state index in [2.05, 4.69) is 11.8 Å². The summed E-state index contributed by atoms with van der Waals surface area (Å²) in [5, 5.41) is 8.58. The Morgan fingerprint density at radius 3 is 2.93 bits per heavy atom. The van der Waals surface area contributed by atoms with Crippen LogP contribution < -0.4 is 0 Å². The Kier molecular flexibility index (Phi) is 5.41. The summed E-state index contributed by atoms with van der Waals surface area (Å²) >= 11 is 1.65. The molecule has 3 heteroatoms. The lowest BCUT2D eigenvalue weighted by Crippen LogP contribution is -2.00. The highest BCUT2D eigenvalue weighted by atomic mass is 32.1. The van der Waals surface area contributed by atoms with Gasteiger partial charge >= 0.3 is 0 Å². The smallest absolute Gasteiger partial charge is 0.0813 e. The molecule has 0 saturated heterocycles. The van der Waals surface area contributed by atoms with E-state index >= 15 is 0 Å². The number of thiophene rings is 1. The lowest BCUT2D eigenvalue weighted by molar-refractivity contribution is 0.0674. The molecule has 0 aliphatic rings. The summed E-state index contributed by atoms with van der Waals surface area (Å²) in [6, 6.07) is 4.03. The van der Waals surface area contributed by atoms with Gasteiger partial charge in [-0.15, -0.1) is 11.3 Å². The van der Waals surface area contributed by atoms with E-state index in [0.29, 0.717) is 13.0 Å². The van der Waals surface area contributed by atoms with Crippen molar-refractivity contribution in [3.05, 3.63) is 21.9 Å². The second kappa shape index (κ2) is 6.62. The van der Waals surface area contributed by atoms with Crippen LogP contribution in [0.2, 0.25) is 0 Å². The molecule has 0 amide bonds. The lowest BCUT2D eigenvalue weighted by Gasteiger charge is -2.04. The van der Waals surface area contributed by atoms with Crippen molar-refractivity contribution >= 4 is 11.3 Å². The third kappa shape index (κ3) is 4.98. The minimum atomic E-state index is 0.127. The van der Waals surface area contributed by atoms with Gasteiger partial charge in [-0.2, -0.15) is 0 Å². The summed E-state index contributed by atoms with van der Waals surface area (Å²) in [4.78, 5) is 2.22. The molecule has 0 aromatic carbocycles. The summed E-state index contributed by atoms with van der Waals surface area (Å²) in [6.45, 7) is 4.83. The summed E-state index contributed by atoms with van der Waals surface area (Å²) in [6.07, 6.45) is 0.798. The van der Waals surface area contributed by atoms with Crippen LogP contribution in [0.1, 0.15) is 30.0 Å². The standard InChI is InChI=1S/C12H16O2S/c1-10(2)14-9-12-7-6-11(15-12)5-3-4-8-13/h6-7,10,13H,4,8-9H2,1-2H3. The fourth-order valence-electron chi connectivity index (χ4n) is 0.977. The number of aliphatic hydroxyl groups excluding tert-OH is 1. The van der Waals surface area contributed by atoms with E-state index < -0.39 is 0 Å². The SMILES string of the molecule is CC(C)OCc1ccc(C#CCCO)s1. The number of hydrogen-bond acceptors (Lipinski definition) is 3. The maximum atomic E-state index is 8.58. The zero-order valence-corrected chi connectivity index (χ0v) is 9.93. The summed E-state index contributed by atoms with van der Waals surface area (Å²) in [7, 11) is 0. The first-order valence-electron chi connectivity index (χ1n) is 5.02. The summed E-state index contributed by atoms with van der Waals surface area (Å²) in [5.41, 5.74) is 0. The average molecular weight is 224 g/mol. The van der Waals surface area contributed by atoms with Gasteiger partial charge in [0, 0.05) is 11.3 Å². The van der Waals surface area contributed by atoms with Crippen molar-refractivity contribution in [3.8, 4) is 11.8 Å². The van der Waals surface area contributed by atoms with E-state index in [0.717, 1.165) is 4.88 Å². The molecule has 2 nitrogen and oxygen atoms in total. The van der Waals surface area contributed by atoms with Crippen LogP contribution in [0.25, 0.3) is 0 Å². The van der Waals surface area contributed by atoms with Crippen molar-refractivity contribution in [2.24, 2.45) is 0 Å². The van der Waals surface area contributed by atoms with E-state index in [4.69, 9.17) is 9.84 Å². The second-order valence-electron chi connectivity index (χ2n) is 3.40. The first kappa shape index (κ1) is 12.3. The van der Waals surface area contributed by atoms with Crippen molar-refractivity contribution in [2.45, 2.75) is 33.0 Å². The lowest BCUT2D eigenvalue weighted by atomic mass is 10.4. The third-order valence-electron chi connectivity index (χ3n) is 1.67. The highest BCUT2D eigenvalue weighted by molar-refractivity contribution is 7.12. The Labute approximate surface area is 94.9 Å². The first-order chi connectivity index (χ1) is 7.22. The monoisotopic (exact) mass is 224 g/mol. The molecule has 1 N–H and O–H groups in total. The molecule has 0 fully saturated rings. The van der Waals surface area contributed by atoms with Gasteiger partial charge in [-0.05, 0) is 26.0 Å². The molecule has 1 aromatic rings. The molecule has 0 aliphatic carbocycles. The zero-order chi connectivity index (χ0) is 11.1. The molecule has 1 aromatic heterocycles. The molecule has 0 atom stereocenters. The van der Waals surface area contributed by atoms with Crippen LogP contribution in [0.15, 0.2) is 12.1 Å². The molecule has 0 spiro atoms. The average Bonchev–Trinajstić information content (AvgIpc) is 2.63. The number of hydrogen-bond donors (Lipinski definition) is 1. The normalized spacial score (nSPS) is 10.1. The van der Waals surface area contributed by atoms with Crippen LogP contribution in [-0.4, -0.2) is 17.8 Å². The van der Waals surface area contributed by atoms with Gasteiger partial charge in [0.2, 0.25) is 0 Å². The molecular formula is C12H16O2S. The molecule has 15 heavy (non-hydrogen) atoms. The summed E-state index contributed by atoms with van der Waals surface area (Å²) in [5.74, 6) is 5.91. The minimum Gasteiger partial charge on any atom is -0.395 e. The molecule has 82 valence electrons. The largest absolute Gasteiger partial charge is 0.395 e.